The van der Waals surface area contributed by atoms with Gasteiger partial charge in [-0.05, 0) is 36.4 Å². The average Bonchev–Trinajstić information content (AvgIpc) is 3.41. The largest absolute Gasteiger partial charge is 0.416 e. The molecule has 202 valence electrons. The van der Waals surface area contributed by atoms with E-state index in [0.29, 0.717) is 48.9 Å². The minimum atomic E-state index is -4.43. The number of alkyl halides is 3. The summed E-state index contributed by atoms with van der Waals surface area (Å²) >= 11 is 0. The van der Waals surface area contributed by atoms with E-state index in [1.165, 1.54) is 22.7 Å². The van der Waals surface area contributed by atoms with E-state index < -0.39 is 17.6 Å². The molecule has 1 aliphatic rings. The topological polar surface area (TPSA) is 53.7 Å². The summed E-state index contributed by atoms with van der Waals surface area (Å²) in [6.07, 6.45) is -4.43. The number of benzene rings is 3. The van der Waals surface area contributed by atoms with Crippen molar-refractivity contribution in [2.24, 2.45) is 0 Å². The molecule has 1 fully saturated rings. The number of rotatable bonds is 4. The SMILES string of the molecule is O=C(c1cc(-c2ccccc2F)nc2cc(-c3ccccc3)nn12)N1CCN(c2cccc(C(F)(F)F)c2)CC1. The maximum absolute atomic E-state index is 14.7. The molecule has 10 heteroatoms. The lowest BCUT2D eigenvalue weighted by molar-refractivity contribution is -0.137. The summed E-state index contributed by atoms with van der Waals surface area (Å²) in [4.78, 5) is 21.9. The van der Waals surface area contributed by atoms with E-state index in [1.807, 2.05) is 35.2 Å². The molecule has 3 aromatic carbocycles. The van der Waals surface area contributed by atoms with Crippen LogP contribution in [0, 0.1) is 5.82 Å². The van der Waals surface area contributed by atoms with E-state index in [4.69, 9.17) is 0 Å². The highest BCUT2D eigenvalue weighted by Gasteiger charge is 2.32. The highest BCUT2D eigenvalue weighted by Crippen LogP contribution is 2.32. The number of fused-ring (bicyclic) bond motifs is 1. The lowest BCUT2D eigenvalue weighted by Gasteiger charge is -2.36. The van der Waals surface area contributed by atoms with Gasteiger partial charge in [-0.25, -0.2) is 13.9 Å². The average molecular weight is 546 g/mol. The molecule has 6 rings (SSSR count). The molecule has 1 aliphatic heterocycles. The molecule has 6 nitrogen and oxygen atoms in total. The fourth-order valence-electron chi connectivity index (χ4n) is 4.89. The van der Waals surface area contributed by atoms with Gasteiger partial charge in [0.15, 0.2) is 5.65 Å². The van der Waals surface area contributed by atoms with E-state index in [1.54, 1.807) is 35.2 Å². The van der Waals surface area contributed by atoms with Crippen LogP contribution in [0.5, 0.6) is 0 Å². The Balaban J connectivity index is 1.33. The normalized spacial score (nSPS) is 14.1. The lowest BCUT2D eigenvalue weighted by atomic mass is 10.1. The Kier molecular flexibility index (Phi) is 6.45. The van der Waals surface area contributed by atoms with Gasteiger partial charge in [-0.15, -0.1) is 0 Å². The molecule has 0 bridgehead atoms. The van der Waals surface area contributed by atoms with Crippen molar-refractivity contribution in [3.8, 4) is 22.5 Å². The number of nitrogens with zero attached hydrogens (tertiary/aromatic N) is 5. The molecule has 2 aromatic heterocycles. The van der Waals surface area contributed by atoms with E-state index in [9.17, 15) is 22.4 Å². The number of hydrogen-bond acceptors (Lipinski definition) is 4. The first-order valence-corrected chi connectivity index (χ1v) is 12.7. The van der Waals surface area contributed by atoms with Crippen LogP contribution in [0.2, 0.25) is 0 Å². The zero-order valence-electron chi connectivity index (χ0n) is 21.1. The van der Waals surface area contributed by atoms with Gasteiger partial charge in [0.1, 0.15) is 11.5 Å². The van der Waals surface area contributed by atoms with Gasteiger partial charge in [0, 0.05) is 49.1 Å². The third-order valence-electron chi connectivity index (χ3n) is 6.97. The molecule has 0 aliphatic carbocycles. The Labute approximate surface area is 227 Å². The van der Waals surface area contributed by atoms with Gasteiger partial charge in [-0.3, -0.25) is 4.79 Å². The molecule has 1 saturated heterocycles. The summed E-state index contributed by atoms with van der Waals surface area (Å²) in [5.74, 6) is -0.786. The number of hydrogen-bond donors (Lipinski definition) is 0. The first-order chi connectivity index (χ1) is 19.3. The number of piperazine rings is 1. The summed E-state index contributed by atoms with van der Waals surface area (Å²) in [7, 11) is 0. The van der Waals surface area contributed by atoms with Crippen LogP contribution in [-0.2, 0) is 6.18 Å². The van der Waals surface area contributed by atoms with Crippen molar-refractivity contribution in [3.63, 3.8) is 0 Å². The molecular weight excluding hydrogens is 522 g/mol. The predicted molar refractivity (Wildman–Crippen MR) is 143 cm³/mol. The first kappa shape index (κ1) is 25.5. The van der Waals surface area contributed by atoms with Crippen molar-refractivity contribution in [1.29, 1.82) is 0 Å². The highest BCUT2D eigenvalue weighted by molar-refractivity contribution is 5.94. The summed E-state index contributed by atoms with van der Waals surface area (Å²) in [5, 5.41) is 4.65. The Morgan fingerprint density at radius 2 is 1.50 bits per heavy atom. The summed E-state index contributed by atoms with van der Waals surface area (Å²) in [6.45, 7) is 1.30. The van der Waals surface area contributed by atoms with E-state index in [-0.39, 0.29) is 17.2 Å². The van der Waals surface area contributed by atoms with Crippen molar-refractivity contribution >= 4 is 17.2 Å². The number of halogens is 4. The number of carbonyl (C=O) groups is 1. The Hall–Kier alpha value is -4.73. The van der Waals surface area contributed by atoms with Crippen molar-refractivity contribution in [2.45, 2.75) is 6.18 Å². The molecule has 0 spiro atoms. The van der Waals surface area contributed by atoms with E-state index in [2.05, 4.69) is 10.1 Å². The summed E-state index contributed by atoms with van der Waals surface area (Å²) in [5.41, 5.74) is 2.37. The Morgan fingerprint density at radius 3 is 2.23 bits per heavy atom. The maximum Gasteiger partial charge on any atom is 0.416 e. The van der Waals surface area contributed by atoms with Gasteiger partial charge in [0.2, 0.25) is 0 Å². The number of amides is 1. The van der Waals surface area contributed by atoms with Crippen molar-refractivity contribution in [3.05, 3.63) is 108 Å². The van der Waals surface area contributed by atoms with Gasteiger partial charge in [0.05, 0.1) is 17.0 Å². The van der Waals surface area contributed by atoms with Crippen LogP contribution in [-0.4, -0.2) is 51.6 Å². The lowest BCUT2D eigenvalue weighted by Crippen LogP contribution is -2.49. The van der Waals surface area contributed by atoms with Gasteiger partial charge >= 0.3 is 6.18 Å². The number of anilines is 1. The minimum Gasteiger partial charge on any atom is -0.368 e. The molecule has 40 heavy (non-hydrogen) atoms. The van der Waals surface area contributed by atoms with Crippen LogP contribution in [0.3, 0.4) is 0 Å². The van der Waals surface area contributed by atoms with E-state index in [0.717, 1.165) is 17.7 Å². The number of carbonyl (C=O) groups excluding carboxylic acids is 1. The molecule has 3 heterocycles. The van der Waals surface area contributed by atoms with Gasteiger partial charge < -0.3 is 9.80 Å². The monoisotopic (exact) mass is 545 g/mol. The fourth-order valence-corrected chi connectivity index (χ4v) is 4.89. The van der Waals surface area contributed by atoms with Crippen LogP contribution in [0.15, 0.2) is 91.0 Å². The minimum absolute atomic E-state index is 0.220. The quantitative estimate of drug-likeness (QED) is 0.253. The zero-order chi connectivity index (χ0) is 27.9. The maximum atomic E-state index is 14.7. The smallest absolute Gasteiger partial charge is 0.368 e. The van der Waals surface area contributed by atoms with Crippen LogP contribution in [0.4, 0.5) is 23.2 Å². The van der Waals surface area contributed by atoms with Crippen molar-refractivity contribution in [1.82, 2.24) is 19.5 Å². The molecule has 0 unspecified atom stereocenters. The van der Waals surface area contributed by atoms with E-state index >= 15 is 0 Å². The standard InChI is InChI=1S/C30H23F4N5O/c31-24-12-5-4-11-23(24)26-18-27(39-28(35-26)19-25(36-39)20-7-2-1-3-8-20)29(40)38-15-13-37(14-16-38)22-10-6-9-21(17-22)30(32,33)34/h1-12,17-19H,13-16H2. The molecule has 0 atom stereocenters. The molecule has 0 saturated carbocycles. The molecule has 0 radical (unpaired) electrons. The second-order valence-corrected chi connectivity index (χ2v) is 9.50. The fraction of sp³-hybridized carbons (Fsp3) is 0.167. The van der Waals surface area contributed by atoms with Crippen LogP contribution in [0.25, 0.3) is 28.2 Å². The first-order valence-electron chi connectivity index (χ1n) is 12.7. The Bertz CT molecular complexity index is 1690. The molecule has 1 amide bonds. The molecular formula is C30H23F4N5O. The molecule has 5 aromatic rings. The second kappa shape index (κ2) is 10.1. The van der Waals surface area contributed by atoms with Crippen LogP contribution < -0.4 is 4.90 Å². The van der Waals surface area contributed by atoms with Crippen molar-refractivity contribution < 1.29 is 22.4 Å². The van der Waals surface area contributed by atoms with Gasteiger partial charge in [0.25, 0.3) is 5.91 Å². The third-order valence-corrected chi connectivity index (χ3v) is 6.97. The zero-order valence-corrected chi connectivity index (χ0v) is 21.1. The molecule has 0 N–H and O–H groups in total. The van der Waals surface area contributed by atoms with Gasteiger partial charge in [-0.1, -0.05) is 48.5 Å². The third kappa shape index (κ3) is 4.88. The predicted octanol–water partition coefficient (Wildman–Crippen LogP) is 6.18. The summed E-state index contributed by atoms with van der Waals surface area (Å²) < 4.78 is 55.8. The Morgan fingerprint density at radius 1 is 0.775 bits per heavy atom. The second-order valence-electron chi connectivity index (χ2n) is 9.50. The van der Waals surface area contributed by atoms with Crippen LogP contribution >= 0.6 is 0 Å². The summed E-state index contributed by atoms with van der Waals surface area (Å²) in [6, 6.07) is 24.1. The van der Waals surface area contributed by atoms with Crippen molar-refractivity contribution in [2.75, 3.05) is 31.1 Å². The highest BCUT2D eigenvalue weighted by atomic mass is 19.4. The van der Waals surface area contributed by atoms with Crippen LogP contribution in [0.1, 0.15) is 16.1 Å². The van der Waals surface area contributed by atoms with Gasteiger partial charge in [-0.2, -0.15) is 18.3 Å². The number of aromatic nitrogens is 3.